The van der Waals surface area contributed by atoms with Crippen LogP contribution in [0.4, 0.5) is 0 Å². The van der Waals surface area contributed by atoms with Crippen LogP contribution >= 0.6 is 11.3 Å². The topological polar surface area (TPSA) is 118 Å². The predicted octanol–water partition coefficient (Wildman–Crippen LogP) is 0.645. The molecule has 1 aliphatic rings. The van der Waals surface area contributed by atoms with Crippen molar-refractivity contribution in [3.05, 3.63) is 11.2 Å². The number of aromatic nitrogens is 1. The van der Waals surface area contributed by atoms with E-state index in [0.29, 0.717) is 17.8 Å². The van der Waals surface area contributed by atoms with E-state index < -0.39 is 10.0 Å². The Morgan fingerprint density at radius 1 is 1.63 bits per heavy atom. The van der Waals surface area contributed by atoms with Gasteiger partial charge in [-0.2, -0.15) is 0 Å². The Labute approximate surface area is 115 Å². The van der Waals surface area contributed by atoms with E-state index in [9.17, 15) is 8.42 Å². The average Bonchev–Trinajstić information content (AvgIpc) is 2.97. The molecule has 0 spiro atoms. The van der Waals surface area contributed by atoms with Gasteiger partial charge in [0.05, 0.1) is 11.2 Å². The van der Waals surface area contributed by atoms with Gasteiger partial charge in [-0.3, -0.25) is 0 Å². The largest absolute Gasteiger partial charge is 0.409 e. The van der Waals surface area contributed by atoms with Crippen LogP contribution in [0.5, 0.6) is 0 Å². The fraction of sp³-hybridized carbons (Fsp3) is 0.600. The third-order valence-corrected chi connectivity index (χ3v) is 6.05. The number of hydrogen-bond acceptors (Lipinski definition) is 6. The highest BCUT2D eigenvalue weighted by atomic mass is 32.2. The number of nitrogens with two attached hydrogens (primary N) is 1. The summed E-state index contributed by atoms with van der Waals surface area (Å²) in [6, 6.07) is -0.330. The summed E-state index contributed by atoms with van der Waals surface area (Å²) in [5, 5.41) is 12.4. The number of nitrogens with one attached hydrogen (secondary N) is 1. The highest BCUT2D eigenvalue weighted by Crippen LogP contribution is 2.28. The molecule has 2 rings (SSSR count). The number of aryl methyl sites for hydroxylation is 1. The first-order chi connectivity index (χ1) is 8.94. The first kappa shape index (κ1) is 14.2. The summed E-state index contributed by atoms with van der Waals surface area (Å²) in [4.78, 5) is 3.94. The van der Waals surface area contributed by atoms with Crippen LogP contribution in [0.2, 0.25) is 0 Å². The molecule has 106 valence electrons. The Morgan fingerprint density at radius 3 is 2.95 bits per heavy atom. The van der Waals surface area contributed by atoms with Crippen LogP contribution < -0.4 is 10.5 Å². The summed E-state index contributed by atoms with van der Waals surface area (Å²) in [6.07, 6.45) is 3.58. The lowest BCUT2D eigenvalue weighted by molar-refractivity contribution is 0.312. The molecule has 1 saturated carbocycles. The Kier molecular flexibility index (Phi) is 4.07. The van der Waals surface area contributed by atoms with Gasteiger partial charge in [0.15, 0.2) is 4.21 Å². The molecule has 1 aromatic rings. The zero-order valence-electron chi connectivity index (χ0n) is 10.4. The Balaban J connectivity index is 2.16. The maximum absolute atomic E-state index is 12.2. The molecule has 1 aliphatic carbocycles. The summed E-state index contributed by atoms with van der Waals surface area (Å²) < 4.78 is 27.2. The van der Waals surface area contributed by atoms with Crippen molar-refractivity contribution >= 4 is 27.2 Å². The van der Waals surface area contributed by atoms with Crippen molar-refractivity contribution in [2.75, 3.05) is 0 Å². The van der Waals surface area contributed by atoms with Gasteiger partial charge in [0.2, 0.25) is 0 Å². The summed E-state index contributed by atoms with van der Waals surface area (Å²) in [7, 11) is -3.58. The van der Waals surface area contributed by atoms with Crippen LogP contribution in [0, 0.1) is 12.8 Å². The molecular formula is C10H16N4O3S2. The van der Waals surface area contributed by atoms with E-state index in [1.54, 1.807) is 6.92 Å². The van der Waals surface area contributed by atoms with Gasteiger partial charge in [-0.1, -0.05) is 11.6 Å². The number of amidine groups is 1. The lowest BCUT2D eigenvalue weighted by Gasteiger charge is -2.19. The number of nitrogens with zero attached hydrogens (tertiary/aromatic N) is 2. The lowest BCUT2D eigenvalue weighted by atomic mass is 10.0. The van der Waals surface area contributed by atoms with Crippen LogP contribution in [0.3, 0.4) is 0 Å². The van der Waals surface area contributed by atoms with E-state index in [-0.39, 0.29) is 22.0 Å². The van der Waals surface area contributed by atoms with Gasteiger partial charge in [-0.25, -0.2) is 18.1 Å². The highest BCUT2D eigenvalue weighted by Gasteiger charge is 2.34. The normalized spacial score (nSPS) is 24.8. The molecule has 7 nitrogen and oxygen atoms in total. The van der Waals surface area contributed by atoms with Gasteiger partial charge in [-0.15, -0.1) is 11.3 Å². The first-order valence-electron chi connectivity index (χ1n) is 5.86. The van der Waals surface area contributed by atoms with Crippen LogP contribution in [-0.4, -0.2) is 30.5 Å². The van der Waals surface area contributed by atoms with Crippen LogP contribution in [0.1, 0.15) is 24.3 Å². The van der Waals surface area contributed by atoms with Crippen LogP contribution in [0.15, 0.2) is 15.6 Å². The molecule has 4 N–H and O–H groups in total. The Hall–Kier alpha value is -1.19. The second-order valence-corrected chi connectivity index (χ2v) is 7.66. The number of thiazole rings is 1. The third kappa shape index (κ3) is 3.04. The zero-order valence-corrected chi connectivity index (χ0v) is 12.0. The van der Waals surface area contributed by atoms with Crippen molar-refractivity contribution < 1.29 is 13.6 Å². The maximum Gasteiger partial charge on any atom is 0.251 e. The van der Waals surface area contributed by atoms with E-state index in [4.69, 9.17) is 10.9 Å². The molecule has 19 heavy (non-hydrogen) atoms. The van der Waals surface area contributed by atoms with Gasteiger partial charge in [0.25, 0.3) is 10.0 Å². The molecule has 0 aliphatic heterocycles. The molecule has 0 aromatic carbocycles. The minimum absolute atomic E-state index is 0.0747. The minimum atomic E-state index is -3.58. The molecule has 1 aromatic heterocycles. The van der Waals surface area contributed by atoms with Gasteiger partial charge in [-0.05, 0) is 19.8 Å². The molecule has 0 amide bonds. The highest BCUT2D eigenvalue weighted by molar-refractivity contribution is 7.91. The van der Waals surface area contributed by atoms with Crippen LogP contribution in [0.25, 0.3) is 0 Å². The fourth-order valence-electron chi connectivity index (χ4n) is 2.25. The van der Waals surface area contributed by atoms with Gasteiger partial charge < -0.3 is 10.9 Å². The molecule has 9 heteroatoms. The van der Waals surface area contributed by atoms with Gasteiger partial charge >= 0.3 is 0 Å². The Morgan fingerprint density at radius 2 is 2.37 bits per heavy atom. The van der Waals surface area contributed by atoms with Gasteiger partial charge in [0, 0.05) is 12.0 Å². The summed E-state index contributed by atoms with van der Waals surface area (Å²) in [5.74, 6) is -0.181. The van der Waals surface area contributed by atoms with Crippen molar-refractivity contribution in [2.24, 2.45) is 16.8 Å². The summed E-state index contributed by atoms with van der Waals surface area (Å²) in [6.45, 7) is 1.75. The van der Waals surface area contributed by atoms with E-state index in [2.05, 4.69) is 14.9 Å². The SMILES string of the molecule is Cc1ncc(S(=O)(=O)NC2CCCC2/C(N)=N/O)s1. The smallest absolute Gasteiger partial charge is 0.251 e. The first-order valence-corrected chi connectivity index (χ1v) is 8.16. The second-order valence-electron chi connectivity index (χ2n) is 4.49. The standard InChI is InChI=1S/C10H16N4O3S2/c1-6-12-5-9(18-6)19(16,17)14-8-4-2-3-7(8)10(11)13-15/h5,7-8,14-15H,2-4H2,1H3,(H2,11,13). The molecule has 2 unspecified atom stereocenters. The quantitative estimate of drug-likeness (QED) is 0.326. The molecule has 1 fully saturated rings. The van der Waals surface area contributed by atoms with E-state index in [1.165, 1.54) is 6.20 Å². The maximum atomic E-state index is 12.2. The second kappa shape index (κ2) is 5.43. The molecule has 2 atom stereocenters. The monoisotopic (exact) mass is 304 g/mol. The van der Waals surface area contributed by atoms with Crippen molar-refractivity contribution in [3.63, 3.8) is 0 Å². The summed E-state index contributed by atoms with van der Waals surface area (Å²) in [5.41, 5.74) is 5.59. The van der Waals surface area contributed by atoms with Crippen molar-refractivity contribution in [1.82, 2.24) is 9.71 Å². The van der Waals surface area contributed by atoms with Crippen LogP contribution in [-0.2, 0) is 10.0 Å². The lowest BCUT2D eigenvalue weighted by Crippen LogP contribution is -2.42. The third-order valence-electron chi connectivity index (χ3n) is 3.18. The number of rotatable bonds is 4. The molecular weight excluding hydrogens is 288 g/mol. The van der Waals surface area contributed by atoms with E-state index >= 15 is 0 Å². The predicted molar refractivity (Wildman–Crippen MR) is 71.7 cm³/mol. The van der Waals surface area contributed by atoms with Gasteiger partial charge in [0.1, 0.15) is 5.84 Å². The number of hydrogen-bond donors (Lipinski definition) is 3. The van der Waals surface area contributed by atoms with E-state index in [0.717, 1.165) is 17.8 Å². The van der Waals surface area contributed by atoms with Crippen molar-refractivity contribution in [3.8, 4) is 0 Å². The molecule has 1 heterocycles. The molecule has 0 saturated heterocycles. The number of sulfonamides is 1. The minimum Gasteiger partial charge on any atom is -0.409 e. The Bertz CT molecular complexity index is 581. The average molecular weight is 304 g/mol. The number of oxime groups is 1. The molecule has 0 bridgehead atoms. The van der Waals surface area contributed by atoms with Crippen molar-refractivity contribution in [1.29, 1.82) is 0 Å². The van der Waals surface area contributed by atoms with E-state index in [1.807, 2.05) is 0 Å². The fourth-order valence-corrected chi connectivity index (χ4v) is 4.69. The zero-order chi connectivity index (χ0) is 14.0. The molecule has 0 radical (unpaired) electrons. The van der Waals surface area contributed by atoms with Crippen molar-refractivity contribution in [2.45, 2.75) is 36.4 Å². The summed E-state index contributed by atoms with van der Waals surface area (Å²) >= 11 is 1.12.